The molecule has 7 heteroatoms. The Balaban J connectivity index is 2.85. The van der Waals surface area contributed by atoms with E-state index in [2.05, 4.69) is 23.9 Å². The van der Waals surface area contributed by atoms with Crippen LogP contribution in [0.15, 0.2) is 18.2 Å². The number of nitro benzene ring substituents is 1. The van der Waals surface area contributed by atoms with Gasteiger partial charge in [0.05, 0.1) is 17.6 Å². The zero-order valence-corrected chi connectivity index (χ0v) is 14.0. The highest BCUT2D eigenvalue weighted by molar-refractivity contribution is 5.95. The predicted octanol–water partition coefficient (Wildman–Crippen LogP) is 2.98. The summed E-state index contributed by atoms with van der Waals surface area (Å²) in [5.74, 6) is -0.279. The summed E-state index contributed by atoms with van der Waals surface area (Å²) < 4.78 is 4.57. The van der Waals surface area contributed by atoms with E-state index in [0.717, 1.165) is 6.42 Å². The molecule has 0 saturated heterocycles. The largest absolute Gasteiger partial charge is 0.465 e. The number of hydrogen-bond donors (Lipinski definition) is 2. The van der Waals surface area contributed by atoms with Crippen LogP contribution in [0.25, 0.3) is 0 Å². The highest BCUT2D eigenvalue weighted by Crippen LogP contribution is 2.24. The summed E-state index contributed by atoms with van der Waals surface area (Å²) in [6.07, 6.45) is 1.52. The van der Waals surface area contributed by atoms with E-state index in [1.165, 1.54) is 25.3 Å². The van der Waals surface area contributed by atoms with Crippen molar-refractivity contribution in [3.05, 3.63) is 33.9 Å². The Kier molecular flexibility index (Phi) is 6.50. The Morgan fingerprint density at radius 2 is 2.13 bits per heavy atom. The lowest BCUT2D eigenvalue weighted by Crippen LogP contribution is -2.33. The van der Waals surface area contributed by atoms with E-state index >= 15 is 0 Å². The van der Waals surface area contributed by atoms with E-state index in [1.807, 2.05) is 0 Å². The topological polar surface area (TPSA) is 102 Å². The first-order chi connectivity index (χ1) is 10.7. The predicted molar refractivity (Wildman–Crippen MR) is 87.6 cm³/mol. The Bertz CT molecular complexity index is 570. The molecule has 0 spiro atoms. The smallest absolute Gasteiger partial charge is 0.344 e. The van der Waals surface area contributed by atoms with Gasteiger partial charge in [0.1, 0.15) is 5.56 Å². The van der Waals surface area contributed by atoms with Crippen LogP contribution in [0.2, 0.25) is 0 Å². The number of anilines is 1. The van der Waals surface area contributed by atoms with Crippen LogP contribution in [0.5, 0.6) is 0 Å². The molecule has 0 heterocycles. The molecule has 0 saturated carbocycles. The van der Waals surface area contributed by atoms with Gasteiger partial charge in [-0.15, -0.1) is 0 Å². The number of benzene rings is 1. The summed E-state index contributed by atoms with van der Waals surface area (Å²) in [4.78, 5) is 22.0. The van der Waals surface area contributed by atoms with Crippen molar-refractivity contribution in [2.75, 3.05) is 19.0 Å². The van der Waals surface area contributed by atoms with Crippen LogP contribution in [-0.4, -0.2) is 35.3 Å². The minimum absolute atomic E-state index is 0.121. The van der Waals surface area contributed by atoms with Crippen LogP contribution < -0.4 is 5.32 Å². The number of nitrogens with one attached hydrogen (secondary N) is 1. The number of esters is 1. The van der Waals surface area contributed by atoms with Crippen LogP contribution in [0.3, 0.4) is 0 Å². The van der Waals surface area contributed by atoms with Crippen molar-refractivity contribution in [1.29, 1.82) is 0 Å². The molecular formula is C16H24N2O5. The van der Waals surface area contributed by atoms with Crippen LogP contribution in [0.4, 0.5) is 11.4 Å². The fraction of sp³-hybridized carbons (Fsp3) is 0.562. The number of carbonyl (C=O) groups is 1. The van der Waals surface area contributed by atoms with Gasteiger partial charge in [-0.2, -0.15) is 0 Å². The van der Waals surface area contributed by atoms with E-state index < -0.39 is 16.5 Å². The van der Waals surface area contributed by atoms with Crippen molar-refractivity contribution in [3.63, 3.8) is 0 Å². The third-order valence-corrected chi connectivity index (χ3v) is 3.53. The van der Waals surface area contributed by atoms with Crippen molar-refractivity contribution in [3.8, 4) is 0 Å². The number of hydrogen-bond acceptors (Lipinski definition) is 6. The van der Waals surface area contributed by atoms with Gasteiger partial charge in [-0.05, 0) is 37.8 Å². The number of nitro groups is 1. The molecule has 1 aromatic rings. The van der Waals surface area contributed by atoms with Crippen molar-refractivity contribution >= 4 is 17.3 Å². The van der Waals surface area contributed by atoms with Gasteiger partial charge in [0.2, 0.25) is 0 Å². The highest BCUT2D eigenvalue weighted by atomic mass is 16.6. The summed E-state index contributed by atoms with van der Waals surface area (Å²) in [7, 11) is 1.17. The molecule has 1 rings (SSSR count). The molecule has 2 N–H and O–H groups in total. The first-order valence-corrected chi connectivity index (χ1v) is 7.49. The number of ether oxygens (including phenoxy) is 1. The van der Waals surface area contributed by atoms with Gasteiger partial charge in [0.15, 0.2) is 0 Å². The maximum atomic E-state index is 11.7. The van der Waals surface area contributed by atoms with Gasteiger partial charge < -0.3 is 15.2 Å². The normalized spacial score (nSPS) is 13.5. The minimum Gasteiger partial charge on any atom is -0.465 e. The molecule has 128 valence electrons. The van der Waals surface area contributed by atoms with E-state index in [0.29, 0.717) is 18.0 Å². The maximum absolute atomic E-state index is 11.7. The number of aliphatic hydroxyl groups is 1. The molecule has 1 unspecified atom stereocenters. The summed E-state index contributed by atoms with van der Waals surface area (Å²) in [5, 5.41) is 24.3. The van der Waals surface area contributed by atoms with Gasteiger partial charge in [-0.25, -0.2) is 4.79 Å². The molecule has 0 fully saturated rings. The lowest BCUT2D eigenvalue weighted by Gasteiger charge is -2.25. The van der Waals surface area contributed by atoms with Gasteiger partial charge >= 0.3 is 5.97 Å². The molecule has 0 aromatic heterocycles. The fourth-order valence-corrected chi connectivity index (χ4v) is 2.06. The van der Waals surface area contributed by atoms with Crippen molar-refractivity contribution in [1.82, 2.24) is 0 Å². The average molecular weight is 324 g/mol. The molecule has 0 aliphatic rings. The molecule has 23 heavy (non-hydrogen) atoms. The van der Waals surface area contributed by atoms with Crippen LogP contribution in [-0.2, 0) is 4.74 Å². The van der Waals surface area contributed by atoms with Gasteiger partial charge in [-0.3, -0.25) is 10.1 Å². The van der Waals surface area contributed by atoms with E-state index in [4.69, 9.17) is 0 Å². The standard InChI is InChI=1S/C16H24N2O5/c1-11(2)7-8-16(3,20)10-17-12-5-6-14(18(21)22)13(9-12)15(19)23-4/h5-6,9,11,17,20H,7-8,10H2,1-4H3. The summed E-state index contributed by atoms with van der Waals surface area (Å²) >= 11 is 0. The lowest BCUT2D eigenvalue weighted by molar-refractivity contribution is -0.385. The third kappa shape index (κ3) is 5.86. The molecule has 7 nitrogen and oxygen atoms in total. The zero-order valence-electron chi connectivity index (χ0n) is 14.0. The first kappa shape index (κ1) is 18.9. The van der Waals surface area contributed by atoms with Gasteiger partial charge in [-0.1, -0.05) is 13.8 Å². The van der Waals surface area contributed by atoms with E-state index in [-0.39, 0.29) is 17.8 Å². The molecular weight excluding hydrogens is 300 g/mol. The van der Waals surface area contributed by atoms with Crippen LogP contribution in [0.1, 0.15) is 44.0 Å². The van der Waals surface area contributed by atoms with E-state index in [1.54, 1.807) is 6.92 Å². The Morgan fingerprint density at radius 1 is 1.48 bits per heavy atom. The summed E-state index contributed by atoms with van der Waals surface area (Å²) in [5.41, 5.74) is -0.823. The van der Waals surface area contributed by atoms with Crippen molar-refractivity contribution < 1.29 is 19.6 Å². The second-order valence-electron chi connectivity index (χ2n) is 6.26. The Hall–Kier alpha value is -2.15. The van der Waals surface area contributed by atoms with Crippen molar-refractivity contribution in [2.45, 2.75) is 39.2 Å². The number of carbonyl (C=O) groups excluding carboxylic acids is 1. The lowest BCUT2D eigenvalue weighted by atomic mass is 9.95. The molecule has 1 atom stereocenters. The molecule has 0 aliphatic carbocycles. The number of rotatable bonds is 8. The quantitative estimate of drug-likeness (QED) is 0.433. The molecule has 0 bridgehead atoms. The zero-order chi connectivity index (χ0) is 17.6. The minimum atomic E-state index is -0.905. The monoisotopic (exact) mass is 324 g/mol. The number of nitrogens with zero attached hydrogens (tertiary/aromatic N) is 1. The molecule has 0 aliphatic heterocycles. The van der Waals surface area contributed by atoms with Crippen LogP contribution >= 0.6 is 0 Å². The molecule has 0 amide bonds. The Morgan fingerprint density at radius 3 is 2.65 bits per heavy atom. The van der Waals surface area contributed by atoms with Crippen molar-refractivity contribution in [2.24, 2.45) is 5.92 Å². The highest BCUT2D eigenvalue weighted by Gasteiger charge is 2.23. The summed E-state index contributed by atoms with van der Waals surface area (Å²) in [6, 6.07) is 4.11. The fourth-order valence-electron chi connectivity index (χ4n) is 2.06. The second kappa shape index (κ2) is 7.92. The van der Waals surface area contributed by atoms with Gasteiger partial charge in [0.25, 0.3) is 5.69 Å². The molecule has 1 aromatic carbocycles. The SMILES string of the molecule is COC(=O)c1cc(NCC(C)(O)CCC(C)C)ccc1[N+](=O)[O-]. The first-order valence-electron chi connectivity index (χ1n) is 7.49. The third-order valence-electron chi connectivity index (χ3n) is 3.53. The van der Waals surface area contributed by atoms with E-state index in [9.17, 15) is 20.0 Å². The maximum Gasteiger partial charge on any atom is 0.344 e. The second-order valence-corrected chi connectivity index (χ2v) is 6.26. The van der Waals surface area contributed by atoms with Crippen LogP contribution in [0, 0.1) is 16.0 Å². The average Bonchev–Trinajstić information content (AvgIpc) is 2.50. The number of methoxy groups -OCH3 is 1. The Labute approximate surface area is 135 Å². The van der Waals surface area contributed by atoms with Gasteiger partial charge in [0, 0.05) is 18.3 Å². The molecule has 0 radical (unpaired) electrons. The summed E-state index contributed by atoms with van der Waals surface area (Å²) in [6.45, 7) is 6.18.